The van der Waals surface area contributed by atoms with Crippen LogP contribution in [0.5, 0.6) is 0 Å². The molecule has 0 fully saturated rings. The van der Waals surface area contributed by atoms with Gasteiger partial charge in [-0.2, -0.15) is 0 Å². The van der Waals surface area contributed by atoms with Crippen LogP contribution in [0.15, 0.2) is 102 Å². The molecule has 6 aromatic rings. The first-order valence-corrected chi connectivity index (χ1v) is 13.5. The van der Waals surface area contributed by atoms with Crippen molar-refractivity contribution in [2.45, 2.75) is 0 Å². The van der Waals surface area contributed by atoms with Gasteiger partial charge in [0.25, 0.3) is 5.91 Å². The van der Waals surface area contributed by atoms with Crippen molar-refractivity contribution < 1.29 is 14.0 Å². The van der Waals surface area contributed by atoms with E-state index in [1.54, 1.807) is 61.0 Å². The van der Waals surface area contributed by atoms with Gasteiger partial charge >= 0.3 is 0 Å². The molecule has 214 valence electrons. The molecule has 11 heteroatoms. The average molecular weight is 573 g/mol. The van der Waals surface area contributed by atoms with Gasteiger partial charge in [0, 0.05) is 64.7 Å². The maximum absolute atomic E-state index is 12.9. The fraction of sp³-hybridized carbons (Fsp3) is 0.0938. The number of furan rings is 1. The number of rotatable bonds is 9. The van der Waals surface area contributed by atoms with E-state index in [1.165, 1.54) is 6.08 Å². The lowest BCUT2D eigenvalue weighted by atomic mass is 10.1. The minimum atomic E-state index is -0.285. The molecule has 11 nitrogen and oxygen atoms in total. The van der Waals surface area contributed by atoms with Crippen molar-refractivity contribution >= 4 is 57.0 Å². The third-order valence-corrected chi connectivity index (χ3v) is 6.51. The Hall–Kier alpha value is -5.81. The highest BCUT2D eigenvalue weighted by Crippen LogP contribution is 2.30. The molecule has 0 aliphatic rings. The number of carbonyl (C=O) groups is 2. The number of likely N-dealkylation sites (N-methyl/N-ethyl adjacent to an activating group) is 1. The number of aromatic nitrogens is 4. The maximum Gasteiger partial charge on any atom is 0.255 e. The summed E-state index contributed by atoms with van der Waals surface area (Å²) >= 11 is 0. The number of benzene rings is 2. The Morgan fingerprint density at radius 3 is 2.63 bits per heavy atom. The molecule has 2 aromatic carbocycles. The first-order valence-electron chi connectivity index (χ1n) is 13.5. The number of hydrogen-bond donors (Lipinski definition) is 4. The van der Waals surface area contributed by atoms with Crippen molar-refractivity contribution in [3.05, 3.63) is 103 Å². The Morgan fingerprint density at radius 2 is 1.79 bits per heavy atom. The number of amides is 2. The summed E-state index contributed by atoms with van der Waals surface area (Å²) in [4.78, 5) is 43.9. The molecule has 2 amide bonds. The third-order valence-electron chi connectivity index (χ3n) is 6.51. The van der Waals surface area contributed by atoms with Crippen molar-refractivity contribution in [1.82, 2.24) is 24.8 Å². The van der Waals surface area contributed by atoms with Gasteiger partial charge in [0.15, 0.2) is 5.58 Å². The predicted molar refractivity (Wildman–Crippen MR) is 167 cm³/mol. The third kappa shape index (κ3) is 6.42. The molecule has 0 aliphatic heterocycles. The smallest absolute Gasteiger partial charge is 0.255 e. The molecule has 4 N–H and O–H groups in total. The summed E-state index contributed by atoms with van der Waals surface area (Å²) in [6.07, 6.45) is 8.43. The maximum atomic E-state index is 12.9. The van der Waals surface area contributed by atoms with Crippen molar-refractivity contribution in [3.63, 3.8) is 0 Å². The second-order valence-electron chi connectivity index (χ2n) is 10.1. The van der Waals surface area contributed by atoms with E-state index in [0.29, 0.717) is 51.9 Å². The van der Waals surface area contributed by atoms with Crippen LogP contribution >= 0.6 is 0 Å². The topological polar surface area (TPSA) is 141 Å². The number of nitrogens with zero attached hydrogens (tertiary/aromatic N) is 4. The van der Waals surface area contributed by atoms with E-state index < -0.39 is 0 Å². The molecule has 6 rings (SSSR count). The molecule has 43 heavy (non-hydrogen) atoms. The zero-order valence-electron chi connectivity index (χ0n) is 23.5. The largest absolute Gasteiger partial charge is 0.460 e. The monoisotopic (exact) mass is 572 g/mol. The number of hydrogen-bond acceptors (Lipinski definition) is 8. The zero-order chi connectivity index (χ0) is 29.8. The van der Waals surface area contributed by atoms with Crippen LogP contribution in [0, 0.1) is 0 Å². The van der Waals surface area contributed by atoms with Gasteiger partial charge in [-0.1, -0.05) is 12.1 Å². The van der Waals surface area contributed by atoms with Crippen molar-refractivity contribution in [3.8, 4) is 11.3 Å². The number of pyridine rings is 1. The number of aromatic amines is 1. The lowest BCUT2D eigenvalue weighted by Crippen LogP contribution is -2.13. The lowest BCUT2D eigenvalue weighted by Gasteiger charge is -2.10. The summed E-state index contributed by atoms with van der Waals surface area (Å²) in [6.45, 7) is 0.667. The number of fused-ring (bicyclic) bond motifs is 2. The number of carbonyl (C=O) groups excluding carboxylic acids is 2. The van der Waals surface area contributed by atoms with E-state index in [-0.39, 0.29) is 11.8 Å². The minimum Gasteiger partial charge on any atom is -0.460 e. The zero-order valence-corrected chi connectivity index (χ0v) is 23.5. The fourth-order valence-electron chi connectivity index (χ4n) is 4.45. The summed E-state index contributed by atoms with van der Waals surface area (Å²) in [6, 6.07) is 19.7. The Bertz CT molecular complexity index is 1960. The van der Waals surface area contributed by atoms with Crippen molar-refractivity contribution in [2.75, 3.05) is 36.6 Å². The molecular weight excluding hydrogens is 544 g/mol. The van der Waals surface area contributed by atoms with Crippen LogP contribution in [-0.2, 0) is 4.79 Å². The second-order valence-corrected chi connectivity index (χ2v) is 10.1. The van der Waals surface area contributed by atoms with E-state index in [2.05, 4.69) is 30.9 Å². The molecule has 0 saturated carbocycles. The Kier molecular flexibility index (Phi) is 7.62. The van der Waals surface area contributed by atoms with Crippen molar-refractivity contribution in [1.29, 1.82) is 0 Å². The molecule has 0 aliphatic carbocycles. The molecule has 0 saturated heterocycles. The van der Waals surface area contributed by atoms with Gasteiger partial charge in [-0.15, -0.1) is 0 Å². The second kappa shape index (κ2) is 12.0. The van der Waals surface area contributed by atoms with Gasteiger partial charge in [0.2, 0.25) is 11.9 Å². The summed E-state index contributed by atoms with van der Waals surface area (Å²) in [5.74, 6) is -0.146. The molecule has 0 atom stereocenters. The van der Waals surface area contributed by atoms with Crippen LogP contribution < -0.4 is 16.0 Å². The quantitative estimate of drug-likeness (QED) is 0.159. The average Bonchev–Trinajstić information content (AvgIpc) is 3.66. The highest BCUT2D eigenvalue weighted by Gasteiger charge is 2.15. The lowest BCUT2D eigenvalue weighted by molar-refractivity contribution is -0.111. The molecule has 4 aromatic heterocycles. The molecule has 0 bridgehead atoms. The fourth-order valence-corrected chi connectivity index (χ4v) is 4.45. The van der Waals surface area contributed by atoms with Crippen LogP contribution in [0.25, 0.3) is 33.4 Å². The Balaban J connectivity index is 1.15. The van der Waals surface area contributed by atoms with Crippen LogP contribution in [0.3, 0.4) is 0 Å². The van der Waals surface area contributed by atoms with E-state index in [9.17, 15) is 9.59 Å². The van der Waals surface area contributed by atoms with Crippen LogP contribution in [0.2, 0.25) is 0 Å². The van der Waals surface area contributed by atoms with Crippen LogP contribution in [0.1, 0.15) is 10.4 Å². The highest BCUT2D eigenvalue weighted by atomic mass is 16.3. The van der Waals surface area contributed by atoms with E-state index in [1.807, 2.05) is 49.5 Å². The Morgan fingerprint density at radius 1 is 0.953 bits per heavy atom. The molecular formula is C32H28N8O3. The predicted octanol–water partition coefficient (Wildman–Crippen LogP) is 5.82. The summed E-state index contributed by atoms with van der Waals surface area (Å²) in [5.41, 5.74) is 5.73. The van der Waals surface area contributed by atoms with Gasteiger partial charge < -0.3 is 30.3 Å². The van der Waals surface area contributed by atoms with Gasteiger partial charge in [0.05, 0.1) is 6.26 Å². The van der Waals surface area contributed by atoms with Crippen molar-refractivity contribution in [2.24, 2.45) is 0 Å². The molecule has 0 spiro atoms. The summed E-state index contributed by atoms with van der Waals surface area (Å²) in [5, 5.41) is 9.89. The first kappa shape index (κ1) is 27.4. The standard InChI is InChI=1S/C32H28N8O3/c1-40(2)15-4-7-27(41)35-23-10-8-20(9-11-23)31(42)36-24-5-3-6-25(18-24)37-32-38-26-13-16-43-29(26)28(39-32)22-17-21-12-14-33-30(21)34-19-22/h3-14,16-19H,15H2,1-2H3,(H,33,34)(H,35,41)(H,36,42)(H,37,38,39)/b7-4+. The van der Waals surface area contributed by atoms with E-state index in [0.717, 1.165) is 16.6 Å². The van der Waals surface area contributed by atoms with Crippen LogP contribution in [-0.4, -0.2) is 57.3 Å². The Labute approximate surface area is 246 Å². The molecule has 0 radical (unpaired) electrons. The van der Waals surface area contributed by atoms with Gasteiger partial charge in [-0.05, 0) is 68.7 Å². The molecule has 4 heterocycles. The highest BCUT2D eigenvalue weighted by molar-refractivity contribution is 6.05. The van der Waals surface area contributed by atoms with E-state index in [4.69, 9.17) is 9.40 Å². The summed E-state index contributed by atoms with van der Waals surface area (Å²) < 4.78 is 5.70. The van der Waals surface area contributed by atoms with Gasteiger partial charge in [-0.25, -0.2) is 15.0 Å². The van der Waals surface area contributed by atoms with E-state index >= 15 is 0 Å². The number of anilines is 4. The normalized spacial score (nSPS) is 11.4. The molecule has 0 unspecified atom stereocenters. The van der Waals surface area contributed by atoms with Crippen LogP contribution in [0.4, 0.5) is 23.0 Å². The first-order chi connectivity index (χ1) is 20.9. The number of nitrogens with one attached hydrogen (secondary N) is 4. The SMILES string of the molecule is CN(C)C/C=C/C(=O)Nc1ccc(C(=O)Nc2cccc(Nc3nc(-c4cnc5[nH]ccc5c4)c4occc4n3)c2)cc1. The number of H-pyrrole nitrogens is 1. The van der Waals surface area contributed by atoms with Gasteiger partial charge in [0.1, 0.15) is 16.9 Å². The minimum absolute atomic E-state index is 0.232. The summed E-state index contributed by atoms with van der Waals surface area (Å²) in [7, 11) is 3.85. The van der Waals surface area contributed by atoms with Gasteiger partial charge in [-0.3, -0.25) is 9.59 Å².